The van der Waals surface area contributed by atoms with Gasteiger partial charge in [-0.1, -0.05) is 6.07 Å². The lowest BCUT2D eigenvalue weighted by molar-refractivity contribution is 0.295. The maximum Gasteiger partial charge on any atom is 0.261 e. The Hall–Kier alpha value is -2.49. The number of hydrogen-bond acceptors (Lipinski definition) is 6. The van der Waals surface area contributed by atoms with Crippen LogP contribution in [0.25, 0.3) is 11.1 Å². The molecule has 1 heterocycles. The van der Waals surface area contributed by atoms with E-state index < -0.39 is 10.1 Å². The van der Waals surface area contributed by atoms with Gasteiger partial charge in [-0.25, -0.2) is 9.37 Å². The van der Waals surface area contributed by atoms with Crippen molar-refractivity contribution < 1.29 is 26.5 Å². The van der Waals surface area contributed by atoms with E-state index in [1.54, 1.807) is 19.2 Å². The second kappa shape index (κ2) is 10.4. The standard InChI is InChI=1S/C22H25FN2O2.CH4O3S/c1-25(11-10-15-6-8-19-21(12-15)27-14-24-19)13-16-4-3-5-17-20(26-2)9-7-18(23)22(16)17;1-5(2,3)4/h6-9,12,14,16H,3-5,10-11,13H2,1-2H3;1H3,(H,2,3,4)/t16-;/m0./s1. The molecule has 0 radical (unpaired) electrons. The van der Waals surface area contributed by atoms with Gasteiger partial charge in [-0.15, -0.1) is 0 Å². The molecular weight excluding hydrogens is 435 g/mol. The quantitative estimate of drug-likeness (QED) is 0.550. The Kier molecular flexibility index (Phi) is 7.86. The lowest BCUT2D eigenvalue weighted by atomic mass is 9.81. The zero-order chi connectivity index (χ0) is 23.3. The average Bonchev–Trinajstić information content (AvgIpc) is 3.19. The van der Waals surface area contributed by atoms with Gasteiger partial charge in [-0.3, -0.25) is 4.55 Å². The minimum absolute atomic E-state index is 0.0975. The van der Waals surface area contributed by atoms with Crippen molar-refractivity contribution in [2.45, 2.75) is 31.6 Å². The molecule has 0 amide bonds. The number of methoxy groups -OCH3 is 1. The highest BCUT2D eigenvalue weighted by Crippen LogP contribution is 2.38. The van der Waals surface area contributed by atoms with E-state index in [1.165, 1.54) is 12.0 Å². The van der Waals surface area contributed by atoms with E-state index in [9.17, 15) is 12.8 Å². The summed E-state index contributed by atoms with van der Waals surface area (Å²) in [5.74, 6) is 0.935. The van der Waals surface area contributed by atoms with Crippen LogP contribution in [0.15, 0.2) is 41.1 Å². The molecule has 0 bridgehead atoms. The third-order valence-corrected chi connectivity index (χ3v) is 5.58. The summed E-state index contributed by atoms with van der Waals surface area (Å²) >= 11 is 0. The molecule has 2 aromatic carbocycles. The van der Waals surface area contributed by atoms with E-state index in [4.69, 9.17) is 13.7 Å². The van der Waals surface area contributed by atoms with E-state index in [0.717, 1.165) is 66.7 Å². The number of hydrogen-bond donors (Lipinski definition) is 1. The largest absolute Gasteiger partial charge is 0.496 e. The lowest BCUT2D eigenvalue weighted by Gasteiger charge is -2.30. The van der Waals surface area contributed by atoms with Crippen LogP contribution < -0.4 is 4.74 Å². The first-order valence-electron chi connectivity index (χ1n) is 10.4. The van der Waals surface area contributed by atoms with E-state index in [-0.39, 0.29) is 11.7 Å². The zero-order valence-electron chi connectivity index (χ0n) is 18.5. The molecule has 1 aromatic heterocycles. The predicted molar refractivity (Wildman–Crippen MR) is 121 cm³/mol. The number of fused-ring (bicyclic) bond motifs is 2. The summed E-state index contributed by atoms with van der Waals surface area (Å²) in [4.78, 5) is 6.45. The number of aromatic nitrogens is 1. The second-order valence-corrected chi connectivity index (χ2v) is 9.60. The minimum atomic E-state index is -3.67. The first kappa shape index (κ1) is 24.2. The van der Waals surface area contributed by atoms with Crippen molar-refractivity contribution in [3.63, 3.8) is 0 Å². The first-order valence-corrected chi connectivity index (χ1v) is 12.3. The molecule has 1 N–H and O–H groups in total. The third kappa shape index (κ3) is 6.51. The van der Waals surface area contributed by atoms with Gasteiger partial charge >= 0.3 is 0 Å². The Morgan fingerprint density at radius 2 is 2.06 bits per heavy atom. The maximum atomic E-state index is 14.6. The highest BCUT2D eigenvalue weighted by molar-refractivity contribution is 7.85. The summed E-state index contributed by atoms with van der Waals surface area (Å²) in [6, 6.07) is 9.44. The van der Waals surface area contributed by atoms with Gasteiger partial charge in [-0.05, 0) is 74.0 Å². The normalized spacial score (nSPS) is 15.9. The Bertz CT molecular complexity index is 1150. The van der Waals surface area contributed by atoms with Crippen LogP contribution in [0.5, 0.6) is 5.75 Å². The molecule has 0 unspecified atom stereocenters. The highest BCUT2D eigenvalue weighted by atomic mass is 32.2. The fourth-order valence-corrected chi connectivity index (χ4v) is 4.20. The predicted octanol–water partition coefficient (Wildman–Crippen LogP) is 4.07. The molecule has 174 valence electrons. The molecule has 0 aliphatic heterocycles. The Labute approximate surface area is 188 Å². The fourth-order valence-electron chi connectivity index (χ4n) is 4.20. The summed E-state index contributed by atoms with van der Waals surface area (Å²) in [5, 5.41) is 0. The Morgan fingerprint density at radius 3 is 2.78 bits per heavy atom. The van der Waals surface area contributed by atoms with Crippen molar-refractivity contribution in [3.8, 4) is 5.75 Å². The lowest BCUT2D eigenvalue weighted by Crippen LogP contribution is -2.29. The molecule has 1 aliphatic rings. The minimum Gasteiger partial charge on any atom is -0.496 e. The summed E-state index contributed by atoms with van der Waals surface area (Å²) < 4.78 is 51.3. The van der Waals surface area contributed by atoms with E-state index in [2.05, 4.69) is 29.1 Å². The van der Waals surface area contributed by atoms with E-state index >= 15 is 0 Å². The molecule has 7 nitrogen and oxygen atoms in total. The molecule has 9 heteroatoms. The van der Waals surface area contributed by atoms with Gasteiger partial charge < -0.3 is 14.1 Å². The molecule has 0 saturated heterocycles. The summed E-state index contributed by atoms with van der Waals surface area (Å²) in [5.41, 5.74) is 4.84. The van der Waals surface area contributed by atoms with Crippen LogP contribution in [0.1, 0.15) is 35.4 Å². The molecule has 32 heavy (non-hydrogen) atoms. The van der Waals surface area contributed by atoms with Crippen molar-refractivity contribution in [3.05, 3.63) is 59.2 Å². The smallest absolute Gasteiger partial charge is 0.261 e. The van der Waals surface area contributed by atoms with Gasteiger partial charge in [0.05, 0.1) is 13.4 Å². The third-order valence-electron chi connectivity index (χ3n) is 5.58. The van der Waals surface area contributed by atoms with Crippen molar-refractivity contribution >= 4 is 21.2 Å². The van der Waals surface area contributed by atoms with Gasteiger partial charge in [0.2, 0.25) is 0 Å². The number of ether oxygens (including phenoxy) is 1. The topological polar surface area (TPSA) is 92.9 Å². The summed E-state index contributed by atoms with van der Waals surface area (Å²) in [6.45, 7) is 1.76. The van der Waals surface area contributed by atoms with Gasteiger partial charge in [0.15, 0.2) is 12.0 Å². The van der Waals surface area contributed by atoms with Crippen LogP contribution >= 0.6 is 0 Å². The van der Waals surface area contributed by atoms with Crippen LogP contribution in [0.4, 0.5) is 4.39 Å². The summed E-state index contributed by atoms with van der Waals surface area (Å²) in [7, 11) is 0.105. The van der Waals surface area contributed by atoms with Crippen LogP contribution in [-0.4, -0.2) is 56.4 Å². The number of oxazole rings is 1. The van der Waals surface area contributed by atoms with Crippen LogP contribution in [-0.2, 0) is 23.0 Å². The van der Waals surface area contributed by atoms with Gasteiger partial charge in [-0.2, -0.15) is 8.42 Å². The van der Waals surface area contributed by atoms with Crippen molar-refractivity contribution in [2.75, 3.05) is 33.5 Å². The van der Waals surface area contributed by atoms with Gasteiger partial charge in [0, 0.05) is 18.7 Å². The van der Waals surface area contributed by atoms with Gasteiger partial charge in [0.1, 0.15) is 17.1 Å². The average molecular weight is 465 g/mol. The SMILES string of the molecule is COc1ccc(F)c2c1CCC[C@H]2CN(C)CCc1ccc2ncoc2c1.CS(=O)(=O)O. The maximum absolute atomic E-state index is 14.6. The number of benzene rings is 2. The number of nitrogens with zero attached hydrogens (tertiary/aromatic N) is 2. The molecular formula is C23H29FN2O5S. The molecule has 4 rings (SSSR count). The molecule has 0 fully saturated rings. The molecule has 1 atom stereocenters. The molecule has 0 spiro atoms. The van der Waals surface area contributed by atoms with Crippen molar-refractivity contribution in [2.24, 2.45) is 0 Å². The highest BCUT2D eigenvalue weighted by Gasteiger charge is 2.27. The van der Waals surface area contributed by atoms with Crippen LogP contribution in [0.2, 0.25) is 0 Å². The van der Waals surface area contributed by atoms with Crippen LogP contribution in [0, 0.1) is 5.82 Å². The monoisotopic (exact) mass is 464 g/mol. The zero-order valence-corrected chi connectivity index (χ0v) is 19.4. The molecule has 1 aliphatic carbocycles. The fraction of sp³-hybridized carbons (Fsp3) is 0.435. The van der Waals surface area contributed by atoms with E-state index in [0.29, 0.717) is 6.26 Å². The Balaban J connectivity index is 0.000000523. The molecule has 3 aromatic rings. The van der Waals surface area contributed by atoms with Crippen molar-refractivity contribution in [1.82, 2.24) is 9.88 Å². The number of likely N-dealkylation sites (N-methyl/N-ethyl adjacent to an activating group) is 1. The number of rotatable bonds is 6. The van der Waals surface area contributed by atoms with E-state index in [1.807, 2.05) is 6.07 Å². The first-order chi connectivity index (χ1) is 15.2. The van der Waals surface area contributed by atoms with Crippen LogP contribution in [0.3, 0.4) is 0 Å². The number of halogens is 1. The summed E-state index contributed by atoms with van der Waals surface area (Å²) in [6.07, 6.45) is 6.11. The second-order valence-electron chi connectivity index (χ2n) is 8.13. The van der Waals surface area contributed by atoms with Crippen molar-refractivity contribution in [1.29, 1.82) is 0 Å². The van der Waals surface area contributed by atoms with Gasteiger partial charge in [0.25, 0.3) is 10.1 Å². The Morgan fingerprint density at radius 1 is 1.31 bits per heavy atom. The molecule has 0 saturated carbocycles.